The summed E-state index contributed by atoms with van der Waals surface area (Å²) in [4.78, 5) is 15.2. The van der Waals surface area contributed by atoms with Crippen molar-refractivity contribution in [1.82, 2.24) is 0 Å². The number of hydrogen-bond donors (Lipinski definition) is 0. The van der Waals surface area contributed by atoms with Crippen LogP contribution in [0.3, 0.4) is 0 Å². The lowest BCUT2D eigenvalue weighted by molar-refractivity contribution is 1.20. The molecule has 0 unspecified atom stereocenters. The van der Waals surface area contributed by atoms with E-state index < -0.39 is 0 Å². The second-order valence-corrected chi connectivity index (χ2v) is 7.69. The zero-order valence-electron chi connectivity index (χ0n) is 18.0. The van der Waals surface area contributed by atoms with Crippen molar-refractivity contribution in [3.05, 3.63) is 113 Å². The maximum atomic E-state index is 10.9. The van der Waals surface area contributed by atoms with E-state index in [-0.39, 0.29) is 0 Å². The van der Waals surface area contributed by atoms with Crippen LogP contribution in [0.5, 0.6) is 0 Å². The molecule has 0 amide bonds. The zero-order chi connectivity index (χ0) is 21.8. The molecule has 0 heterocycles. The van der Waals surface area contributed by atoms with Crippen molar-refractivity contribution >= 4 is 34.1 Å². The van der Waals surface area contributed by atoms with Crippen molar-refractivity contribution in [1.29, 1.82) is 0 Å². The number of nitroso groups, excluding NO2 is 1. The van der Waals surface area contributed by atoms with Gasteiger partial charge in [-0.15, -0.1) is 4.91 Å². The van der Waals surface area contributed by atoms with Gasteiger partial charge in [0.1, 0.15) is 5.69 Å². The normalized spacial score (nSPS) is 10.5. The second kappa shape index (κ2) is 8.84. The van der Waals surface area contributed by atoms with Crippen LogP contribution in [-0.2, 0) is 0 Å². The largest absolute Gasteiger partial charge is 0.345 e. The first-order valence-corrected chi connectivity index (χ1v) is 10.3. The highest BCUT2D eigenvalue weighted by molar-refractivity contribution is 5.78. The molecule has 31 heavy (non-hydrogen) atoms. The first kappa shape index (κ1) is 20.4. The van der Waals surface area contributed by atoms with E-state index in [1.54, 1.807) is 12.1 Å². The summed E-state index contributed by atoms with van der Waals surface area (Å²) >= 11 is 0. The zero-order valence-corrected chi connectivity index (χ0v) is 18.0. The van der Waals surface area contributed by atoms with Crippen LogP contribution in [0, 0.1) is 18.8 Å². The van der Waals surface area contributed by atoms with E-state index in [1.165, 1.54) is 11.1 Å². The lowest BCUT2D eigenvalue weighted by Crippen LogP contribution is -2.12. The fourth-order valence-electron chi connectivity index (χ4n) is 3.57. The number of anilines is 5. The summed E-state index contributed by atoms with van der Waals surface area (Å²) in [6.07, 6.45) is 0. The van der Waals surface area contributed by atoms with Crippen LogP contribution in [0.2, 0.25) is 0 Å². The number of aryl methyl sites for hydroxylation is 2. The van der Waals surface area contributed by atoms with E-state index in [4.69, 9.17) is 0 Å². The van der Waals surface area contributed by atoms with E-state index in [2.05, 4.69) is 96.7 Å². The molecule has 0 N–H and O–H groups in total. The van der Waals surface area contributed by atoms with Crippen LogP contribution < -0.4 is 9.80 Å². The Labute approximate surface area is 183 Å². The molecular weight excluding hydrogens is 382 g/mol. The van der Waals surface area contributed by atoms with Crippen LogP contribution in [-0.4, -0.2) is 7.05 Å². The summed E-state index contributed by atoms with van der Waals surface area (Å²) in [6.45, 7) is 4.19. The van der Waals surface area contributed by atoms with Crippen molar-refractivity contribution in [3.8, 4) is 0 Å². The minimum atomic E-state index is 0.422. The summed E-state index contributed by atoms with van der Waals surface area (Å²) in [5, 5.41) is 3.04. The third-order valence-electron chi connectivity index (χ3n) is 5.40. The molecule has 4 rings (SSSR count). The molecule has 0 aliphatic rings. The summed E-state index contributed by atoms with van der Waals surface area (Å²) in [6, 6.07) is 32.8. The van der Waals surface area contributed by atoms with Gasteiger partial charge in [0, 0.05) is 35.5 Å². The smallest absolute Gasteiger partial charge is 0.110 e. The fourth-order valence-corrected chi connectivity index (χ4v) is 3.57. The molecule has 4 aromatic carbocycles. The molecule has 154 valence electrons. The maximum absolute atomic E-state index is 10.9. The monoisotopic (exact) mass is 407 g/mol. The van der Waals surface area contributed by atoms with E-state index in [1.807, 2.05) is 24.1 Å². The molecule has 0 radical (unpaired) electrons. The quantitative estimate of drug-likeness (QED) is 0.304. The SMILES string of the molecule is Cc1ccc(N(c2ccc(C)cc2)c2ccc(N(C)c3cccc(N=O)c3)cc2)cc1. The molecule has 4 aromatic rings. The standard InChI is InChI=1S/C27H25N3O/c1-20-7-11-24(12-8-20)30(25-13-9-21(2)10-14-25)26-17-15-23(16-18-26)29(3)27-6-4-5-22(19-27)28-31/h4-19H,1-3H3. The Morgan fingerprint density at radius 2 is 1.03 bits per heavy atom. The van der Waals surface area contributed by atoms with Gasteiger partial charge in [0.15, 0.2) is 0 Å². The van der Waals surface area contributed by atoms with Crippen LogP contribution in [0.1, 0.15) is 11.1 Å². The molecule has 0 fully saturated rings. The maximum Gasteiger partial charge on any atom is 0.110 e. The summed E-state index contributed by atoms with van der Waals surface area (Å²) in [5.74, 6) is 0. The highest BCUT2D eigenvalue weighted by atomic mass is 16.3. The van der Waals surface area contributed by atoms with E-state index in [9.17, 15) is 4.91 Å². The minimum Gasteiger partial charge on any atom is -0.345 e. The molecule has 0 aliphatic carbocycles. The lowest BCUT2D eigenvalue weighted by atomic mass is 10.1. The van der Waals surface area contributed by atoms with Crippen molar-refractivity contribution in [2.75, 3.05) is 16.8 Å². The van der Waals surface area contributed by atoms with Crippen molar-refractivity contribution < 1.29 is 0 Å². The molecule has 0 aliphatic heterocycles. The number of rotatable bonds is 6. The topological polar surface area (TPSA) is 35.9 Å². The number of nitrogens with zero attached hydrogens (tertiary/aromatic N) is 3. The van der Waals surface area contributed by atoms with Crippen LogP contribution in [0.25, 0.3) is 0 Å². The van der Waals surface area contributed by atoms with Gasteiger partial charge in [0.25, 0.3) is 0 Å². The second-order valence-electron chi connectivity index (χ2n) is 7.69. The molecule has 0 bridgehead atoms. The van der Waals surface area contributed by atoms with Gasteiger partial charge in [-0.25, -0.2) is 0 Å². The van der Waals surface area contributed by atoms with Gasteiger partial charge >= 0.3 is 0 Å². The highest BCUT2D eigenvalue weighted by Gasteiger charge is 2.13. The first-order valence-electron chi connectivity index (χ1n) is 10.3. The molecular formula is C27H25N3O. The van der Waals surface area contributed by atoms with Crippen LogP contribution in [0.4, 0.5) is 34.1 Å². The van der Waals surface area contributed by atoms with E-state index in [0.29, 0.717) is 5.69 Å². The summed E-state index contributed by atoms with van der Waals surface area (Å²) in [5.41, 5.74) is 8.13. The predicted molar refractivity (Wildman–Crippen MR) is 131 cm³/mol. The summed E-state index contributed by atoms with van der Waals surface area (Å²) < 4.78 is 0. The Kier molecular flexibility index (Phi) is 5.80. The molecule has 0 atom stereocenters. The van der Waals surface area contributed by atoms with Gasteiger partial charge in [-0.05, 0) is 85.8 Å². The van der Waals surface area contributed by atoms with Gasteiger partial charge in [-0.3, -0.25) is 0 Å². The Morgan fingerprint density at radius 1 is 0.581 bits per heavy atom. The Balaban J connectivity index is 1.69. The van der Waals surface area contributed by atoms with Gasteiger partial charge in [0.2, 0.25) is 0 Å². The average molecular weight is 408 g/mol. The van der Waals surface area contributed by atoms with Crippen molar-refractivity contribution in [2.45, 2.75) is 13.8 Å². The van der Waals surface area contributed by atoms with Gasteiger partial charge in [-0.1, -0.05) is 41.5 Å². The third kappa shape index (κ3) is 4.48. The first-order chi connectivity index (χ1) is 15.0. The fraction of sp³-hybridized carbons (Fsp3) is 0.111. The Morgan fingerprint density at radius 3 is 1.52 bits per heavy atom. The molecule has 0 saturated carbocycles. The predicted octanol–water partition coefficient (Wildman–Crippen LogP) is 7.94. The molecule has 0 spiro atoms. The average Bonchev–Trinajstić information content (AvgIpc) is 2.82. The minimum absolute atomic E-state index is 0.422. The Hall–Kier alpha value is -3.92. The van der Waals surface area contributed by atoms with E-state index in [0.717, 1.165) is 28.4 Å². The van der Waals surface area contributed by atoms with Crippen LogP contribution >= 0.6 is 0 Å². The third-order valence-corrected chi connectivity index (χ3v) is 5.40. The number of benzene rings is 4. The lowest BCUT2D eigenvalue weighted by Gasteiger charge is -2.27. The molecule has 4 nitrogen and oxygen atoms in total. The van der Waals surface area contributed by atoms with Crippen molar-refractivity contribution in [2.24, 2.45) is 5.18 Å². The van der Waals surface area contributed by atoms with Crippen molar-refractivity contribution in [3.63, 3.8) is 0 Å². The number of hydrogen-bond acceptors (Lipinski definition) is 4. The van der Waals surface area contributed by atoms with Gasteiger partial charge in [0.05, 0.1) is 0 Å². The molecule has 4 heteroatoms. The van der Waals surface area contributed by atoms with Gasteiger partial charge in [-0.2, -0.15) is 0 Å². The van der Waals surface area contributed by atoms with Gasteiger partial charge < -0.3 is 9.80 Å². The molecule has 0 saturated heterocycles. The molecule has 0 aromatic heterocycles. The summed E-state index contributed by atoms with van der Waals surface area (Å²) in [7, 11) is 1.98. The van der Waals surface area contributed by atoms with Crippen LogP contribution in [0.15, 0.2) is 102 Å². The Bertz CT molecular complexity index is 1120. The van der Waals surface area contributed by atoms with E-state index >= 15 is 0 Å². The highest BCUT2D eigenvalue weighted by Crippen LogP contribution is 2.36.